The zero-order chi connectivity index (χ0) is 13.2. The lowest BCUT2D eigenvalue weighted by atomic mass is 9.94. The first-order valence-corrected chi connectivity index (χ1v) is 7.79. The van der Waals surface area contributed by atoms with Crippen molar-refractivity contribution in [3.8, 4) is 0 Å². The fourth-order valence-corrected chi connectivity index (χ4v) is 3.72. The Labute approximate surface area is 112 Å². The van der Waals surface area contributed by atoms with Crippen LogP contribution in [0.4, 0.5) is 0 Å². The molecule has 1 aliphatic rings. The maximum absolute atomic E-state index is 11.6. The first-order valence-electron chi connectivity index (χ1n) is 5.80. The van der Waals surface area contributed by atoms with E-state index >= 15 is 0 Å². The van der Waals surface area contributed by atoms with Gasteiger partial charge < -0.3 is 4.74 Å². The van der Waals surface area contributed by atoms with Gasteiger partial charge in [-0.1, -0.05) is 23.7 Å². The fraction of sp³-hybridized carbons (Fsp3) is 0.500. The summed E-state index contributed by atoms with van der Waals surface area (Å²) >= 11 is 5.91. The highest BCUT2D eigenvalue weighted by Crippen LogP contribution is 2.25. The molecule has 4 nitrogen and oxygen atoms in total. The predicted molar refractivity (Wildman–Crippen MR) is 71.0 cm³/mol. The number of hydrogen-bond acceptors (Lipinski definition) is 3. The van der Waals surface area contributed by atoms with Gasteiger partial charge in [-0.3, -0.25) is 0 Å². The van der Waals surface area contributed by atoms with Crippen LogP contribution in [0, 0.1) is 5.92 Å². The number of sulfonamides is 1. The second kappa shape index (κ2) is 5.57. The van der Waals surface area contributed by atoms with Crippen molar-refractivity contribution in [3.05, 3.63) is 34.9 Å². The first kappa shape index (κ1) is 13.8. The molecule has 0 amide bonds. The number of rotatable bonds is 3. The highest BCUT2D eigenvalue weighted by Gasteiger charge is 2.33. The molecular weight excluding hydrogens is 274 g/mol. The molecule has 1 aliphatic heterocycles. The minimum Gasteiger partial charge on any atom is -0.381 e. The van der Waals surface area contributed by atoms with Crippen molar-refractivity contribution in [2.45, 2.75) is 18.1 Å². The lowest BCUT2D eigenvalue weighted by Gasteiger charge is -2.29. The molecular formula is C12H16ClNO3S. The van der Waals surface area contributed by atoms with Gasteiger partial charge in [0.15, 0.2) is 0 Å². The standard InChI is InChI=1S/C12H16ClNO3S/c13-11-3-1-2-9(7-11)6-10-8-17-5-4-12(10)18(14,15)16/h1-3,7,10,12H,4-6,8H2,(H2,14,15,16)/t10-,12+/m0/s1. The zero-order valence-corrected chi connectivity index (χ0v) is 11.5. The van der Waals surface area contributed by atoms with Crippen LogP contribution in [0.3, 0.4) is 0 Å². The van der Waals surface area contributed by atoms with E-state index < -0.39 is 15.3 Å². The highest BCUT2D eigenvalue weighted by molar-refractivity contribution is 7.89. The van der Waals surface area contributed by atoms with Gasteiger partial charge in [-0.15, -0.1) is 0 Å². The molecule has 2 N–H and O–H groups in total. The third-order valence-electron chi connectivity index (χ3n) is 3.21. The molecule has 1 aromatic carbocycles. The highest BCUT2D eigenvalue weighted by atomic mass is 35.5. The Kier molecular flexibility index (Phi) is 4.27. The maximum Gasteiger partial charge on any atom is 0.212 e. The summed E-state index contributed by atoms with van der Waals surface area (Å²) in [5.41, 5.74) is 1.01. The maximum atomic E-state index is 11.6. The van der Waals surface area contributed by atoms with Crippen molar-refractivity contribution < 1.29 is 13.2 Å². The Morgan fingerprint density at radius 1 is 1.44 bits per heavy atom. The molecule has 1 aromatic rings. The normalized spacial score (nSPS) is 25.0. The number of nitrogens with two attached hydrogens (primary N) is 1. The summed E-state index contributed by atoms with van der Waals surface area (Å²) in [5.74, 6) is -0.104. The third-order valence-corrected chi connectivity index (χ3v) is 4.91. The van der Waals surface area contributed by atoms with E-state index in [2.05, 4.69) is 0 Å². The van der Waals surface area contributed by atoms with Crippen LogP contribution in [0.5, 0.6) is 0 Å². The molecule has 0 unspecified atom stereocenters. The van der Waals surface area contributed by atoms with Gasteiger partial charge >= 0.3 is 0 Å². The summed E-state index contributed by atoms with van der Waals surface area (Å²) in [7, 11) is -3.52. The van der Waals surface area contributed by atoms with Crippen LogP contribution in [0.2, 0.25) is 5.02 Å². The van der Waals surface area contributed by atoms with Crippen molar-refractivity contribution in [1.82, 2.24) is 0 Å². The number of hydrogen-bond donors (Lipinski definition) is 1. The monoisotopic (exact) mass is 289 g/mol. The van der Waals surface area contributed by atoms with Crippen LogP contribution in [0.15, 0.2) is 24.3 Å². The lowest BCUT2D eigenvalue weighted by molar-refractivity contribution is 0.0572. The second-order valence-electron chi connectivity index (χ2n) is 4.59. The smallest absolute Gasteiger partial charge is 0.212 e. The SMILES string of the molecule is NS(=O)(=O)[C@@H]1CCOC[C@@H]1Cc1cccc(Cl)c1. The van der Waals surface area contributed by atoms with Gasteiger partial charge in [0.2, 0.25) is 10.0 Å². The number of halogens is 1. The van der Waals surface area contributed by atoms with E-state index in [-0.39, 0.29) is 5.92 Å². The first-order chi connectivity index (χ1) is 8.47. The van der Waals surface area contributed by atoms with Crippen molar-refractivity contribution >= 4 is 21.6 Å². The van der Waals surface area contributed by atoms with Crippen molar-refractivity contribution in [1.29, 1.82) is 0 Å². The molecule has 6 heteroatoms. The van der Waals surface area contributed by atoms with Crippen LogP contribution >= 0.6 is 11.6 Å². The summed E-state index contributed by atoms with van der Waals surface area (Å²) in [6.45, 7) is 0.876. The molecule has 0 aliphatic carbocycles. The van der Waals surface area contributed by atoms with Crippen molar-refractivity contribution in [2.24, 2.45) is 11.1 Å². The second-order valence-corrected chi connectivity index (χ2v) is 6.81. The molecule has 1 fully saturated rings. The minimum atomic E-state index is -3.52. The Morgan fingerprint density at radius 2 is 2.22 bits per heavy atom. The molecule has 100 valence electrons. The Bertz CT molecular complexity index is 518. The third kappa shape index (κ3) is 3.45. The average Bonchev–Trinajstić information content (AvgIpc) is 2.28. The zero-order valence-electron chi connectivity index (χ0n) is 9.88. The van der Waals surface area contributed by atoms with Gasteiger partial charge in [-0.25, -0.2) is 13.6 Å². The molecule has 2 rings (SSSR count). The molecule has 0 saturated carbocycles. The van der Waals surface area contributed by atoms with Crippen molar-refractivity contribution in [3.63, 3.8) is 0 Å². The van der Waals surface area contributed by atoms with Gasteiger partial charge in [0.1, 0.15) is 0 Å². The minimum absolute atomic E-state index is 0.104. The number of ether oxygens (including phenoxy) is 1. The summed E-state index contributed by atoms with van der Waals surface area (Å²) in [6, 6.07) is 7.42. The quantitative estimate of drug-likeness (QED) is 0.918. The fourth-order valence-electron chi connectivity index (χ4n) is 2.37. The van der Waals surface area contributed by atoms with Gasteiger partial charge in [-0.05, 0) is 30.5 Å². The van der Waals surface area contributed by atoms with E-state index in [0.717, 1.165) is 5.56 Å². The van der Waals surface area contributed by atoms with Crippen molar-refractivity contribution in [2.75, 3.05) is 13.2 Å². The van der Waals surface area contributed by atoms with E-state index in [1.165, 1.54) is 0 Å². The van der Waals surface area contributed by atoms with Gasteiger partial charge in [0, 0.05) is 17.5 Å². The van der Waals surface area contributed by atoms with Crippen LogP contribution in [0.25, 0.3) is 0 Å². The van der Waals surface area contributed by atoms with E-state index in [4.69, 9.17) is 21.5 Å². The average molecular weight is 290 g/mol. The van der Waals surface area contributed by atoms with Crippen LogP contribution in [-0.4, -0.2) is 26.9 Å². The molecule has 0 aromatic heterocycles. The lowest BCUT2D eigenvalue weighted by Crippen LogP contribution is -2.42. The Balaban J connectivity index is 2.15. The van der Waals surface area contributed by atoms with Crippen LogP contribution < -0.4 is 5.14 Å². The van der Waals surface area contributed by atoms with E-state index in [9.17, 15) is 8.42 Å². The molecule has 0 radical (unpaired) electrons. The molecule has 0 spiro atoms. The largest absolute Gasteiger partial charge is 0.381 e. The molecule has 1 heterocycles. The van der Waals surface area contributed by atoms with E-state index in [0.29, 0.717) is 31.1 Å². The molecule has 18 heavy (non-hydrogen) atoms. The Morgan fingerprint density at radius 3 is 2.89 bits per heavy atom. The molecule has 0 bridgehead atoms. The number of benzene rings is 1. The van der Waals surface area contributed by atoms with Gasteiger partial charge in [0.25, 0.3) is 0 Å². The molecule has 2 atom stereocenters. The summed E-state index contributed by atoms with van der Waals surface area (Å²) in [4.78, 5) is 0. The number of primary sulfonamides is 1. The van der Waals surface area contributed by atoms with Gasteiger partial charge in [0.05, 0.1) is 11.9 Å². The predicted octanol–water partition coefficient (Wildman–Crippen LogP) is 1.58. The summed E-state index contributed by atoms with van der Waals surface area (Å²) < 4.78 is 28.5. The molecule has 1 saturated heterocycles. The topological polar surface area (TPSA) is 69.4 Å². The summed E-state index contributed by atoms with van der Waals surface area (Å²) in [6.07, 6.45) is 1.08. The summed E-state index contributed by atoms with van der Waals surface area (Å²) in [5, 5.41) is 5.40. The van der Waals surface area contributed by atoms with Crippen LogP contribution in [0.1, 0.15) is 12.0 Å². The Hall–Kier alpha value is -0.620. The van der Waals surface area contributed by atoms with E-state index in [1.54, 1.807) is 6.07 Å². The van der Waals surface area contributed by atoms with Crippen LogP contribution in [-0.2, 0) is 21.2 Å². The van der Waals surface area contributed by atoms with Gasteiger partial charge in [-0.2, -0.15) is 0 Å². The van der Waals surface area contributed by atoms with E-state index in [1.807, 2.05) is 18.2 Å².